The van der Waals surface area contributed by atoms with Crippen molar-refractivity contribution < 1.29 is 4.74 Å². The predicted octanol–water partition coefficient (Wildman–Crippen LogP) is 0.836. The van der Waals surface area contributed by atoms with Crippen LogP contribution >= 0.6 is 11.5 Å². The molecule has 1 atom stereocenters. The standard InChI is InChI=1S/C9H15N3OS/c10-6-9(2-1-3-13-7-9)4-8-5-11-12-14-8/h5H,1-4,6-7,10H2. The van der Waals surface area contributed by atoms with Crippen molar-refractivity contribution in [3.8, 4) is 0 Å². The molecule has 0 aromatic carbocycles. The van der Waals surface area contributed by atoms with Gasteiger partial charge in [-0.15, -0.1) is 5.10 Å². The second kappa shape index (κ2) is 4.33. The van der Waals surface area contributed by atoms with Crippen molar-refractivity contribution >= 4 is 11.5 Å². The SMILES string of the molecule is NCC1(Cc2cnns2)CCCOC1. The molecule has 1 saturated heterocycles. The van der Waals surface area contributed by atoms with E-state index in [2.05, 4.69) is 9.59 Å². The van der Waals surface area contributed by atoms with Gasteiger partial charge in [-0.2, -0.15) is 0 Å². The maximum absolute atomic E-state index is 5.84. The van der Waals surface area contributed by atoms with Gasteiger partial charge in [0.1, 0.15) is 0 Å². The van der Waals surface area contributed by atoms with E-state index >= 15 is 0 Å². The summed E-state index contributed by atoms with van der Waals surface area (Å²) in [6, 6.07) is 0. The fourth-order valence-corrected chi connectivity index (χ4v) is 2.58. The summed E-state index contributed by atoms with van der Waals surface area (Å²) < 4.78 is 9.37. The Hall–Kier alpha value is -0.520. The van der Waals surface area contributed by atoms with Crippen molar-refractivity contribution in [1.82, 2.24) is 9.59 Å². The molecule has 0 radical (unpaired) electrons. The Bertz CT molecular complexity index is 270. The fraction of sp³-hybridized carbons (Fsp3) is 0.778. The van der Waals surface area contributed by atoms with Gasteiger partial charge in [0.2, 0.25) is 0 Å². The van der Waals surface area contributed by atoms with Crippen LogP contribution in [0.25, 0.3) is 0 Å². The van der Waals surface area contributed by atoms with E-state index in [-0.39, 0.29) is 5.41 Å². The summed E-state index contributed by atoms with van der Waals surface area (Å²) in [5, 5.41) is 3.84. The number of rotatable bonds is 3. The highest BCUT2D eigenvalue weighted by Gasteiger charge is 2.32. The molecule has 2 heterocycles. The third kappa shape index (κ3) is 2.10. The van der Waals surface area contributed by atoms with Gasteiger partial charge in [0.05, 0.1) is 12.8 Å². The van der Waals surface area contributed by atoms with E-state index in [9.17, 15) is 0 Å². The van der Waals surface area contributed by atoms with Crippen LogP contribution in [0, 0.1) is 5.41 Å². The number of nitrogens with two attached hydrogens (primary N) is 1. The second-order valence-electron chi connectivity index (χ2n) is 3.92. The topological polar surface area (TPSA) is 61.0 Å². The molecular weight excluding hydrogens is 198 g/mol. The third-order valence-electron chi connectivity index (χ3n) is 2.79. The summed E-state index contributed by atoms with van der Waals surface area (Å²) in [7, 11) is 0. The second-order valence-corrected chi connectivity index (χ2v) is 4.79. The minimum absolute atomic E-state index is 0.131. The summed E-state index contributed by atoms with van der Waals surface area (Å²) >= 11 is 1.46. The van der Waals surface area contributed by atoms with Crippen molar-refractivity contribution in [1.29, 1.82) is 0 Å². The van der Waals surface area contributed by atoms with Gasteiger partial charge in [0.25, 0.3) is 0 Å². The van der Waals surface area contributed by atoms with Gasteiger partial charge in [0, 0.05) is 23.4 Å². The van der Waals surface area contributed by atoms with Gasteiger partial charge >= 0.3 is 0 Å². The average Bonchev–Trinajstić information content (AvgIpc) is 2.72. The Labute approximate surface area is 87.6 Å². The zero-order valence-electron chi connectivity index (χ0n) is 8.11. The summed E-state index contributed by atoms with van der Waals surface area (Å²) in [6.07, 6.45) is 5.06. The van der Waals surface area contributed by atoms with Crippen molar-refractivity contribution in [2.45, 2.75) is 19.3 Å². The van der Waals surface area contributed by atoms with E-state index in [1.165, 1.54) is 16.4 Å². The Morgan fingerprint density at radius 2 is 2.57 bits per heavy atom. The lowest BCUT2D eigenvalue weighted by Gasteiger charge is -2.35. The number of hydrogen-bond donors (Lipinski definition) is 1. The number of hydrogen-bond acceptors (Lipinski definition) is 5. The summed E-state index contributed by atoms with van der Waals surface area (Å²) in [4.78, 5) is 1.21. The van der Waals surface area contributed by atoms with Gasteiger partial charge in [-0.25, -0.2) is 0 Å². The zero-order valence-corrected chi connectivity index (χ0v) is 8.92. The van der Waals surface area contributed by atoms with E-state index in [0.717, 1.165) is 32.5 Å². The van der Waals surface area contributed by atoms with E-state index in [1.807, 2.05) is 6.20 Å². The van der Waals surface area contributed by atoms with Crippen LogP contribution in [0.1, 0.15) is 17.7 Å². The highest BCUT2D eigenvalue weighted by Crippen LogP contribution is 2.31. The van der Waals surface area contributed by atoms with Crippen LogP contribution in [0.5, 0.6) is 0 Å². The molecule has 0 aliphatic carbocycles. The molecule has 0 bridgehead atoms. The molecule has 14 heavy (non-hydrogen) atoms. The van der Waals surface area contributed by atoms with Crippen molar-refractivity contribution in [3.63, 3.8) is 0 Å². The molecule has 1 aliphatic heterocycles. The lowest BCUT2D eigenvalue weighted by Crippen LogP contribution is -2.40. The van der Waals surface area contributed by atoms with Gasteiger partial charge in [-0.1, -0.05) is 4.49 Å². The molecule has 4 nitrogen and oxygen atoms in total. The van der Waals surface area contributed by atoms with Gasteiger partial charge < -0.3 is 10.5 Å². The van der Waals surface area contributed by atoms with Crippen LogP contribution in [-0.2, 0) is 11.2 Å². The summed E-state index contributed by atoms with van der Waals surface area (Å²) in [5.74, 6) is 0. The average molecular weight is 213 g/mol. The van der Waals surface area contributed by atoms with Gasteiger partial charge in [-0.3, -0.25) is 0 Å². The van der Waals surface area contributed by atoms with E-state index in [0.29, 0.717) is 6.54 Å². The van der Waals surface area contributed by atoms with Crippen molar-refractivity contribution in [3.05, 3.63) is 11.1 Å². The Kier molecular flexibility index (Phi) is 3.10. The van der Waals surface area contributed by atoms with Crippen LogP contribution in [0.2, 0.25) is 0 Å². The fourth-order valence-electron chi connectivity index (χ4n) is 1.92. The van der Waals surface area contributed by atoms with Crippen molar-refractivity contribution in [2.24, 2.45) is 11.1 Å². The molecule has 1 aromatic rings. The van der Waals surface area contributed by atoms with E-state index in [4.69, 9.17) is 10.5 Å². The van der Waals surface area contributed by atoms with Crippen LogP contribution in [0.4, 0.5) is 0 Å². The van der Waals surface area contributed by atoms with Gasteiger partial charge in [0.15, 0.2) is 0 Å². The highest BCUT2D eigenvalue weighted by atomic mass is 32.1. The van der Waals surface area contributed by atoms with E-state index < -0.39 is 0 Å². The molecule has 2 rings (SSSR count). The molecule has 0 saturated carbocycles. The summed E-state index contributed by atoms with van der Waals surface area (Å²) in [5.41, 5.74) is 5.97. The highest BCUT2D eigenvalue weighted by molar-refractivity contribution is 7.05. The molecule has 0 spiro atoms. The molecule has 1 unspecified atom stereocenters. The number of nitrogens with zero attached hydrogens (tertiary/aromatic N) is 2. The van der Waals surface area contributed by atoms with Crippen LogP contribution in [0.15, 0.2) is 6.20 Å². The molecule has 0 amide bonds. The first-order valence-corrected chi connectivity index (χ1v) is 5.66. The van der Waals surface area contributed by atoms with Gasteiger partial charge in [-0.05, 0) is 30.8 Å². The Balaban J connectivity index is 2.04. The van der Waals surface area contributed by atoms with Crippen LogP contribution < -0.4 is 5.73 Å². The molecule has 1 aliphatic rings. The first-order chi connectivity index (χ1) is 6.85. The first-order valence-electron chi connectivity index (χ1n) is 4.89. The molecule has 1 aromatic heterocycles. The number of ether oxygens (including phenoxy) is 1. The molecule has 5 heteroatoms. The monoisotopic (exact) mass is 213 g/mol. The normalized spacial score (nSPS) is 27.8. The van der Waals surface area contributed by atoms with Crippen LogP contribution in [-0.4, -0.2) is 29.3 Å². The Morgan fingerprint density at radius 1 is 1.64 bits per heavy atom. The molecule has 1 fully saturated rings. The van der Waals surface area contributed by atoms with Crippen LogP contribution in [0.3, 0.4) is 0 Å². The largest absolute Gasteiger partial charge is 0.381 e. The molecule has 2 N–H and O–H groups in total. The predicted molar refractivity (Wildman–Crippen MR) is 55.2 cm³/mol. The third-order valence-corrected chi connectivity index (χ3v) is 3.45. The van der Waals surface area contributed by atoms with E-state index in [1.54, 1.807) is 0 Å². The lowest BCUT2D eigenvalue weighted by molar-refractivity contribution is -0.00225. The Morgan fingerprint density at radius 3 is 3.14 bits per heavy atom. The minimum atomic E-state index is 0.131. The molecular formula is C9H15N3OS. The maximum atomic E-state index is 5.84. The smallest absolute Gasteiger partial charge is 0.0653 e. The zero-order chi connectivity index (χ0) is 9.86. The summed E-state index contributed by atoms with van der Waals surface area (Å²) in [6.45, 7) is 2.34. The van der Waals surface area contributed by atoms with Crippen molar-refractivity contribution in [2.75, 3.05) is 19.8 Å². The quantitative estimate of drug-likeness (QED) is 0.808. The lowest BCUT2D eigenvalue weighted by atomic mass is 9.79. The first kappa shape index (κ1) is 10.0. The minimum Gasteiger partial charge on any atom is -0.381 e. The maximum Gasteiger partial charge on any atom is 0.0653 e. The molecule has 78 valence electrons. The number of aromatic nitrogens is 2.